The highest BCUT2D eigenvalue weighted by molar-refractivity contribution is 6.32. The molecular weight excluding hydrogens is 388 g/mol. The van der Waals surface area contributed by atoms with Crippen molar-refractivity contribution in [3.8, 4) is 11.5 Å². The summed E-state index contributed by atoms with van der Waals surface area (Å²) in [6, 6.07) is 3.28. The maximum Gasteiger partial charge on any atom is 0.331 e. The van der Waals surface area contributed by atoms with Crippen LogP contribution in [0, 0.1) is 0 Å². The van der Waals surface area contributed by atoms with E-state index in [1.54, 1.807) is 21.9 Å². The largest absolute Gasteiger partial charge is 0.493 e. The Hall–Kier alpha value is -2.74. The number of halogens is 1. The molecule has 0 atom stereocenters. The van der Waals surface area contributed by atoms with Crippen molar-refractivity contribution in [2.24, 2.45) is 0 Å². The normalized spacial score (nSPS) is 14.1. The number of hydrogen-bond donors (Lipinski definition) is 0. The predicted molar refractivity (Wildman–Crippen MR) is 103 cm³/mol. The lowest BCUT2D eigenvalue weighted by atomic mass is 10.2. The Bertz CT molecular complexity index is 772. The van der Waals surface area contributed by atoms with Crippen molar-refractivity contribution < 1.29 is 28.6 Å². The third kappa shape index (κ3) is 5.63. The van der Waals surface area contributed by atoms with Gasteiger partial charge in [-0.2, -0.15) is 0 Å². The molecule has 1 aliphatic rings. The molecule has 1 fully saturated rings. The van der Waals surface area contributed by atoms with Crippen LogP contribution in [0.3, 0.4) is 0 Å². The van der Waals surface area contributed by atoms with Gasteiger partial charge in [-0.15, -0.1) is 0 Å². The first kappa shape index (κ1) is 21.6. The fraction of sp³-hybridized carbons (Fsp3) is 0.421. The molecule has 1 aromatic rings. The van der Waals surface area contributed by atoms with E-state index in [2.05, 4.69) is 0 Å². The third-order valence-electron chi connectivity index (χ3n) is 4.28. The highest BCUT2D eigenvalue weighted by Crippen LogP contribution is 2.36. The van der Waals surface area contributed by atoms with Gasteiger partial charge in [-0.1, -0.05) is 11.6 Å². The summed E-state index contributed by atoms with van der Waals surface area (Å²) >= 11 is 6.12. The molecule has 1 aliphatic heterocycles. The van der Waals surface area contributed by atoms with Gasteiger partial charge in [-0.25, -0.2) is 4.79 Å². The molecule has 28 heavy (non-hydrogen) atoms. The summed E-state index contributed by atoms with van der Waals surface area (Å²) in [6.07, 6.45) is 2.71. The van der Waals surface area contributed by atoms with E-state index < -0.39 is 5.97 Å². The zero-order valence-corrected chi connectivity index (χ0v) is 16.8. The van der Waals surface area contributed by atoms with Gasteiger partial charge in [0.25, 0.3) is 5.91 Å². The summed E-state index contributed by atoms with van der Waals surface area (Å²) in [7, 11) is 2.96. The summed E-state index contributed by atoms with van der Waals surface area (Å²) in [5.41, 5.74) is 0.617. The topological polar surface area (TPSA) is 85.4 Å². The van der Waals surface area contributed by atoms with Gasteiger partial charge in [-0.05, 0) is 23.8 Å². The van der Waals surface area contributed by atoms with E-state index in [1.807, 2.05) is 0 Å². The number of nitrogens with zero attached hydrogens (tertiary/aromatic N) is 2. The van der Waals surface area contributed by atoms with Gasteiger partial charge in [0.1, 0.15) is 0 Å². The Morgan fingerprint density at radius 2 is 1.71 bits per heavy atom. The quantitative estimate of drug-likeness (QED) is 0.523. The molecule has 8 nitrogen and oxygen atoms in total. The zero-order chi connectivity index (χ0) is 20.7. The molecule has 1 saturated heterocycles. The number of amides is 2. The monoisotopic (exact) mass is 410 g/mol. The minimum Gasteiger partial charge on any atom is -0.493 e. The van der Waals surface area contributed by atoms with Crippen molar-refractivity contribution >= 4 is 35.5 Å². The van der Waals surface area contributed by atoms with Gasteiger partial charge in [-0.3, -0.25) is 9.59 Å². The maximum absolute atomic E-state index is 12.1. The average molecular weight is 411 g/mol. The number of carbonyl (C=O) groups excluding carboxylic acids is 3. The fourth-order valence-electron chi connectivity index (χ4n) is 2.74. The lowest BCUT2D eigenvalue weighted by molar-refractivity contribution is -0.149. The third-order valence-corrected chi connectivity index (χ3v) is 4.56. The number of hydrogen-bond acceptors (Lipinski definition) is 6. The van der Waals surface area contributed by atoms with Crippen LogP contribution < -0.4 is 9.47 Å². The molecule has 9 heteroatoms. The van der Waals surface area contributed by atoms with Crippen LogP contribution in [0.25, 0.3) is 6.08 Å². The molecule has 0 unspecified atom stereocenters. The first-order valence-corrected chi connectivity index (χ1v) is 9.03. The van der Waals surface area contributed by atoms with Gasteiger partial charge in [0, 0.05) is 39.2 Å². The Morgan fingerprint density at radius 1 is 1.07 bits per heavy atom. The Morgan fingerprint density at radius 3 is 2.29 bits per heavy atom. The van der Waals surface area contributed by atoms with Crippen LogP contribution in [0.15, 0.2) is 18.2 Å². The fourth-order valence-corrected chi connectivity index (χ4v) is 3.04. The molecule has 1 heterocycles. The lowest BCUT2D eigenvalue weighted by Crippen LogP contribution is -2.51. The van der Waals surface area contributed by atoms with Gasteiger partial charge < -0.3 is 24.0 Å². The van der Waals surface area contributed by atoms with Crippen molar-refractivity contribution in [3.05, 3.63) is 28.8 Å². The molecule has 0 aromatic heterocycles. The Balaban J connectivity index is 1.86. The van der Waals surface area contributed by atoms with Crippen LogP contribution >= 0.6 is 11.6 Å². The molecule has 152 valence electrons. The molecule has 0 N–H and O–H groups in total. The van der Waals surface area contributed by atoms with E-state index >= 15 is 0 Å². The highest BCUT2D eigenvalue weighted by Gasteiger charge is 2.22. The number of esters is 1. The molecule has 2 rings (SSSR count). The number of benzene rings is 1. The van der Waals surface area contributed by atoms with Crippen molar-refractivity contribution in [2.45, 2.75) is 6.92 Å². The SMILES string of the molecule is COc1cc(/C=C/C(=O)OCC(=O)N2CCN(C(C)=O)CC2)cc(Cl)c1OC. The molecular formula is C19H23ClN2O6. The van der Waals surface area contributed by atoms with Gasteiger partial charge in [0.05, 0.1) is 19.2 Å². The van der Waals surface area contributed by atoms with Crippen molar-refractivity contribution in [1.29, 1.82) is 0 Å². The van der Waals surface area contributed by atoms with E-state index in [4.69, 9.17) is 25.8 Å². The standard InChI is InChI=1S/C19H23ClN2O6/c1-13(23)21-6-8-22(9-7-21)17(24)12-28-18(25)5-4-14-10-15(20)19(27-3)16(11-14)26-2/h4-5,10-11H,6-9,12H2,1-3H3/b5-4+. The summed E-state index contributed by atoms with van der Waals surface area (Å²) in [5, 5.41) is 0.342. The van der Waals surface area contributed by atoms with Crippen LogP contribution in [-0.2, 0) is 19.1 Å². The predicted octanol–water partition coefficient (Wildman–Crippen LogP) is 1.60. The van der Waals surface area contributed by atoms with Crippen LogP contribution in [-0.4, -0.2) is 74.6 Å². The van der Waals surface area contributed by atoms with E-state index in [0.29, 0.717) is 48.3 Å². The second-order valence-electron chi connectivity index (χ2n) is 6.07. The zero-order valence-electron chi connectivity index (χ0n) is 16.1. The number of piperazine rings is 1. The van der Waals surface area contributed by atoms with Crippen molar-refractivity contribution in [3.63, 3.8) is 0 Å². The summed E-state index contributed by atoms with van der Waals surface area (Å²) < 4.78 is 15.4. The van der Waals surface area contributed by atoms with Gasteiger partial charge in [0.2, 0.25) is 5.91 Å². The molecule has 0 spiro atoms. The van der Waals surface area contributed by atoms with Gasteiger partial charge in [0.15, 0.2) is 18.1 Å². The number of carbonyl (C=O) groups is 3. The number of ether oxygens (including phenoxy) is 3. The Labute approximate surface area is 168 Å². The van der Waals surface area contributed by atoms with Crippen LogP contribution in [0.2, 0.25) is 5.02 Å². The lowest BCUT2D eigenvalue weighted by Gasteiger charge is -2.34. The molecule has 1 aromatic carbocycles. The average Bonchev–Trinajstić information content (AvgIpc) is 2.69. The van der Waals surface area contributed by atoms with E-state index in [0.717, 1.165) is 0 Å². The van der Waals surface area contributed by atoms with E-state index in [-0.39, 0.29) is 18.4 Å². The Kier molecular flexibility index (Phi) is 7.69. The molecule has 2 amide bonds. The summed E-state index contributed by atoms with van der Waals surface area (Å²) in [6.45, 7) is 2.96. The van der Waals surface area contributed by atoms with Crippen LogP contribution in [0.1, 0.15) is 12.5 Å². The first-order chi connectivity index (χ1) is 13.3. The van der Waals surface area contributed by atoms with Crippen molar-refractivity contribution in [2.75, 3.05) is 47.0 Å². The maximum atomic E-state index is 12.1. The van der Waals surface area contributed by atoms with Crippen LogP contribution in [0.5, 0.6) is 11.5 Å². The molecule has 0 aliphatic carbocycles. The number of rotatable bonds is 6. The van der Waals surface area contributed by atoms with Gasteiger partial charge >= 0.3 is 5.97 Å². The smallest absolute Gasteiger partial charge is 0.331 e. The second kappa shape index (κ2) is 9.98. The number of methoxy groups -OCH3 is 2. The van der Waals surface area contributed by atoms with E-state index in [9.17, 15) is 14.4 Å². The minimum absolute atomic E-state index is 0.0149. The highest BCUT2D eigenvalue weighted by atomic mass is 35.5. The van der Waals surface area contributed by atoms with E-state index in [1.165, 1.54) is 33.3 Å². The second-order valence-corrected chi connectivity index (χ2v) is 6.47. The molecule has 0 saturated carbocycles. The molecule has 0 radical (unpaired) electrons. The first-order valence-electron chi connectivity index (χ1n) is 8.65. The minimum atomic E-state index is -0.651. The summed E-state index contributed by atoms with van der Waals surface area (Å²) in [5.74, 6) is -0.123. The summed E-state index contributed by atoms with van der Waals surface area (Å²) in [4.78, 5) is 38.6. The van der Waals surface area contributed by atoms with Crippen LogP contribution in [0.4, 0.5) is 0 Å². The van der Waals surface area contributed by atoms with Crippen molar-refractivity contribution in [1.82, 2.24) is 9.80 Å². The molecule has 0 bridgehead atoms.